The Balaban J connectivity index is 4.43. The minimum absolute atomic E-state index is 0.0997. The van der Waals surface area contributed by atoms with Crippen LogP contribution in [0.5, 0.6) is 0 Å². The number of rotatable bonds is 8. The van der Waals surface area contributed by atoms with Crippen LogP contribution in [0, 0.1) is 0 Å². The number of nitrogens with one attached hydrogen (secondary N) is 1. The Kier molecular flexibility index (Phi) is 6.52. The normalized spacial score (nSPS) is 17.1. The third-order valence-electron chi connectivity index (χ3n) is 2.61. The second kappa shape index (κ2) is 6.80. The molecule has 0 rings (SSSR count). The van der Waals surface area contributed by atoms with Crippen molar-refractivity contribution in [3.05, 3.63) is 0 Å². The third kappa shape index (κ3) is 4.62. The van der Waals surface area contributed by atoms with Crippen LogP contribution in [0.15, 0.2) is 0 Å². The molecule has 2 N–H and O–H groups in total. The summed E-state index contributed by atoms with van der Waals surface area (Å²) >= 11 is 0. The van der Waals surface area contributed by atoms with Crippen molar-refractivity contribution < 1.29 is 14.6 Å². The van der Waals surface area contributed by atoms with E-state index in [1.165, 1.54) is 0 Å². The molecule has 0 saturated heterocycles. The van der Waals surface area contributed by atoms with Crippen molar-refractivity contribution in [2.75, 3.05) is 13.7 Å². The van der Waals surface area contributed by atoms with Gasteiger partial charge in [0.25, 0.3) is 0 Å². The Morgan fingerprint density at radius 3 is 2.47 bits per heavy atom. The molecule has 0 fully saturated rings. The number of ether oxygens (including phenoxy) is 1. The highest BCUT2D eigenvalue weighted by Crippen LogP contribution is 2.14. The van der Waals surface area contributed by atoms with Gasteiger partial charge in [0.2, 0.25) is 0 Å². The van der Waals surface area contributed by atoms with E-state index in [0.717, 1.165) is 12.8 Å². The van der Waals surface area contributed by atoms with Gasteiger partial charge in [-0.3, -0.25) is 10.1 Å². The van der Waals surface area contributed by atoms with Gasteiger partial charge in [0.05, 0.1) is 6.61 Å². The summed E-state index contributed by atoms with van der Waals surface area (Å²) in [6, 6.07) is 0.0997. The molecule has 2 atom stereocenters. The van der Waals surface area contributed by atoms with E-state index in [-0.39, 0.29) is 6.04 Å². The summed E-state index contributed by atoms with van der Waals surface area (Å²) in [6.07, 6.45) is 2.34. The van der Waals surface area contributed by atoms with Gasteiger partial charge in [-0.05, 0) is 19.8 Å². The molecule has 0 bridgehead atoms. The van der Waals surface area contributed by atoms with Crippen molar-refractivity contribution in [2.45, 2.75) is 51.6 Å². The van der Waals surface area contributed by atoms with Crippen LogP contribution < -0.4 is 5.32 Å². The predicted molar refractivity (Wildman–Crippen MR) is 60.0 cm³/mol. The summed E-state index contributed by atoms with van der Waals surface area (Å²) in [6.45, 7) is 6.28. The lowest BCUT2D eigenvalue weighted by Gasteiger charge is -2.30. The Morgan fingerprint density at radius 1 is 1.53 bits per heavy atom. The fourth-order valence-electron chi connectivity index (χ4n) is 1.65. The largest absolute Gasteiger partial charge is 0.480 e. The van der Waals surface area contributed by atoms with Gasteiger partial charge < -0.3 is 9.84 Å². The minimum Gasteiger partial charge on any atom is -0.480 e. The van der Waals surface area contributed by atoms with Crippen LogP contribution in [-0.4, -0.2) is 36.4 Å². The van der Waals surface area contributed by atoms with E-state index >= 15 is 0 Å². The van der Waals surface area contributed by atoms with E-state index in [0.29, 0.717) is 13.0 Å². The Bertz CT molecular complexity index is 196. The highest BCUT2D eigenvalue weighted by atomic mass is 16.5. The van der Waals surface area contributed by atoms with Crippen LogP contribution >= 0.6 is 0 Å². The van der Waals surface area contributed by atoms with Gasteiger partial charge in [-0.1, -0.05) is 20.3 Å². The molecule has 0 aromatic heterocycles. The zero-order chi connectivity index (χ0) is 11.9. The van der Waals surface area contributed by atoms with E-state index in [1.807, 2.05) is 13.8 Å². The first-order valence-corrected chi connectivity index (χ1v) is 5.50. The van der Waals surface area contributed by atoms with Gasteiger partial charge in [0, 0.05) is 13.2 Å². The summed E-state index contributed by atoms with van der Waals surface area (Å²) < 4.78 is 5.04. The van der Waals surface area contributed by atoms with Crippen molar-refractivity contribution in [2.24, 2.45) is 0 Å². The topological polar surface area (TPSA) is 58.6 Å². The molecule has 15 heavy (non-hydrogen) atoms. The molecule has 0 aliphatic heterocycles. The van der Waals surface area contributed by atoms with Gasteiger partial charge >= 0.3 is 5.97 Å². The van der Waals surface area contributed by atoms with Gasteiger partial charge in [-0.15, -0.1) is 0 Å². The van der Waals surface area contributed by atoms with Crippen molar-refractivity contribution in [1.29, 1.82) is 0 Å². The number of hydrogen-bond acceptors (Lipinski definition) is 3. The molecule has 0 spiro atoms. The maximum atomic E-state index is 11.2. The minimum atomic E-state index is -0.839. The van der Waals surface area contributed by atoms with Crippen LogP contribution in [0.3, 0.4) is 0 Å². The van der Waals surface area contributed by atoms with Crippen molar-refractivity contribution in [3.8, 4) is 0 Å². The number of methoxy groups -OCH3 is 1. The SMILES string of the molecule is CCCC(C)(NC(CC)COC)C(=O)O. The quantitative estimate of drug-likeness (QED) is 0.649. The summed E-state index contributed by atoms with van der Waals surface area (Å²) in [7, 11) is 1.63. The molecule has 0 aromatic carbocycles. The summed E-state index contributed by atoms with van der Waals surface area (Å²) in [5.41, 5.74) is -0.839. The Morgan fingerprint density at radius 2 is 2.13 bits per heavy atom. The van der Waals surface area contributed by atoms with Crippen molar-refractivity contribution in [1.82, 2.24) is 5.32 Å². The predicted octanol–water partition coefficient (Wildman–Crippen LogP) is 1.64. The van der Waals surface area contributed by atoms with Crippen LogP contribution in [0.2, 0.25) is 0 Å². The van der Waals surface area contributed by atoms with Gasteiger partial charge in [-0.2, -0.15) is 0 Å². The molecule has 90 valence electrons. The lowest BCUT2D eigenvalue weighted by molar-refractivity contribution is -0.145. The first-order valence-electron chi connectivity index (χ1n) is 5.50. The third-order valence-corrected chi connectivity index (χ3v) is 2.61. The van der Waals surface area contributed by atoms with E-state index in [4.69, 9.17) is 4.74 Å². The zero-order valence-electron chi connectivity index (χ0n) is 10.2. The standard InChI is InChI=1S/C11H23NO3/c1-5-7-11(3,10(13)14)12-9(6-2)8-15-4/h9,12H,5-8H2,1-4H3,(H,13,14). The van der Waals surface area contributed by atoms with Crippen LogP contribution in [0.4, 0.5) is 0 Å². The molecule has 2 unspecified atom stereocenters. The number of aliphatic carboxylic acids is 1. The van der Waals surface area contributed by atoms with E-state index in [1.54, 1.807) is 14.0 Å². The highest BCUT2D eigenvalue weighted by Gasteiger charge is 2.33. The first kappa shape index (κ1) is 14.4. The van der Waals surface area contributed by atoms with Gasteiger partial charge in [0.1, 0.15) is 5.54 Å². The lowest BCUT2D eigenvalue weighted by atomic mass is 9.94. The summed E-state index contributed by atoms with van der Waals surface area (Å²) in [5.74, 6) is -0.793. The number of carbonyl (C=O) groups is 1. The second-order valence-electron chi connectivity index (χ2n) is 4.09. The second-order valence-corrected chi connectivity index (χ2v) is 4.09. The smallest absolute Gasteiger partial charge is 0.323 e. The average molecular weight is 217 g/mol. The maximum absolute atomic E-state index is 11.2. The molecule has 0 radical (unpaired) electrons. The van der Waals surface area contributed by atoms with Gasteiger partial charge in [0.15, 0.2) is 0 Å². The van der Waals surface area contributed by atoms with Crippen molar-refractivity contribution in [3.63, 3.8) is 0 Å². The molecular formula is C11H23NO3. The molecule has 0 heterocycles. The van der Waals surface area contributed by atoms with E-state index in [2.05, 4.69) is 5.32 Å². The van der Waals surface area contributed by atoms with Crippen LogP contribution in [0.1, 0.15) is 40.0 Å². The molecule has 0 aliphatic carbocycles. The molecule has 0 amide bonds. The Hall–Kier alpha value is -0.610. The van der Waals surface area contributed by atoms with Crippen LogP contribution in [0.25, 0.3) is 0 Å². The Labute approximate surface area is 92.0 Å². The first-order chi connectivity index (χ1) is 7.00. The fourth-order valence-corrected chi connectivity index (χ4v) is 1.65. The molecular weight excluding hydrogens is 194 g/mol. The van der Waals surface area contributed by atoms with Gasteiger partial charge in [-0.25, -0.2) is 0 Å². The van der Waals surface area contributed by atoms with Crippen molar-refractivity contribution >= 4 is 5.97 Å². The highest BCUT2D eigenvalue weighted by molar-refractivity contribution is 5.78. The molecule has 4 nitrogen and oxygen atoms in total. The van der Waals surface area contributed by atoms with Crippen LogP contribution in [-0.2, 0) is 9.53 Å². The summed E-state index contributed by atoms with van der Waals surface area (Å²) in [4.78, 5) is 11.2. The molecule has 0 aromatic rings. The van der Waals surface area contributed by atoms with E-state index < -0.39 is 11.5 Å². The molecule has 4 heteroatoms. The fraction of sp³-hybridized carbons (Fsp3) is 0.909. The van der Waals surface area contributed by atoms with E-state index in [9.17, 15) is 9.90 Å². The molecule has 0 aliphatic rings. The maximum Gasteiger partial charge on any atom is 0.323 e. The number of hydrogen-bond donors (Lipinski definition) is 2. The lowest BCUT2D eigenvalue weighted by Crippen LogP contribution is -2.54. The number of carboxylic acid groups (broad SMARTS) is 1. The zero-order valence-corrected chi connectivity index (χ0v) is 10.2. The molecule has 0 saturated carbocycles. The monoisotopic (exact) mass is 217 g/mol. The number of carboxylic acids is 1. The summed E-state index contributed by atoms with van der Waals surface area (Å²) in [5, 5.41) is 12.3. The average Bonchev–Trinajstić information content (AvgIpc) is 2.17.